The number of alkyl halides is 3. The van der Waals surface area contributed by atoms with Crippen LogP contribution < -0.4 is 20.1 Å². The van der Waals surface area contributed by atoms with Crippen molar-refractivity contribution in [3.63, 3.8) is 0 Å². The molecule has 8 nitrogen and oxygen atoms in total. The molecule has 214 valence electrons. The second-order valence-corrected chi connectivity index (χ2v) is 9.81. The van der Waals surface area contributed by atoms with Gasteiger partial charge in [0.25, 0.3) is 0 Å². The number of anilines is 1. The molecular formula is C27H33F4N3O5. The van der Waals surface area contributed by atoms with Crippen molar-refractivity contribution in [2.24, 2.45) is 0 Å². The molecular weight excluding hydrogens is 522 g/mol. The van der Waals surface area contributed by atoms with E-state index in [1.807, 2.05) is 6.07 Å². The molecule has 3 N–H and O–H groups in total. The van der Waals surface area contributed by atoms with E-state index in [0.29, 0.717) is 17.3 Å². The molecule has 1 heterocycles. The summed E-state index contributed by atoms with van der Waals surface area (Å²) >= 11 is 0. The van der Waals surface area contributed by atoms with Gasteiger partial charge in [0.05, 0.1) is 14.2 Å². The lowest BCUT2D eigenvalue weighted by Gasteiger charge is -2.45. The number of likely N-dealkylation sites (tertiary alicyclic amines) is 1. The minimum Gasteiger partial charge on any atom is -0.493 e. The Morgan fingerprint density at radius 1 is 1.08 bits per heavy atom. The van der Waals surface area contributed by atoms with Gasteiger partial charge in [-0.2, -0.15) is 13.2 Å². The summed E-state index contributed by atoms with van der Waals surface area (Å²) < 4.78 is 56.5. The van der Waals surface area contributed by atoms with Gasteiger partial charge in [-0.1, -0.05) is 12.1 Å². The van der Waals surface area contributed by atoms with Crippen LogP contribution in [0.5, 0.6) is 11.5 Å². The lowest BCUT2D eigenvalue weighted by Crippen LogP contribution is -2.52. The number of carbonyl (C=O) groups excluding carboxylic acids is 1. The number of hydrogen-bond acceptors (Lipinski definition) is 5. The van der Waals surface area contributed by atoms with Crippen LogP contribution in [0, 0.1) is 12.7 Å². The highest BCUT2D eigenvalue weighted by Crippen LogP contribution is 2.49. The number of benzene rings is 2. The Kier molecular flexibility index (Phi) is 9.31. The van der Waals surface area contributed by atoms with E-state index >= 15 is 0 Å². The van der Waals surface area contributed by atoms with Crippen molar-refractivity contribution in [2.45, 2.75) is 56.3 Å². The maximum absolute atomic E-state index is 13.8. The second kappa shape index (κ2) is 12.1. The van der Waals surface area contributed by atoms with Gasteiger partial charge in [0, 0.05) is 23.2 Å². The van der Waals surface area contributed by atoms with Gasteiger partial charge in [-0.15, -0.1) is 0 Å². The largest absolute Gasteiger partial charge is 0.493 e. The first-order valence-corrected chi connectivity index (χ1v) is 12.4. The van der Waals surface area contributed by atoms with E-state index in [1.54, 1.807) is 33.3 Å². The van der Waals surface area contributed by atoms with Gasteiger partial charge in [0.2, 0.25) is 0 Å². The molecule has 2 aromatic carbocycles. The van der Waals surface area contributed by atoms with E-state index < -0.39 is 12.1 Å². The average molecular weight is 556 g/mol. The normalized spacial score (nSPS) is 22.7. The fourth-order valence-electron chi connectivity index (χ4n) is 5.42. The quantitative estimate of drug-likeness (QED) is 0.444. The van der Waals surface area contributed by atoms with Crippen LogP contribution in [0.15, 0.2) is 36.4 Å². The molecule has 0 aromatic heterocycles. The van der Waals surface area contributed by atoms with Crippen LogP contribution in [-0.2, 0) is 10.2 Å². The van der Waals surface area contributed by atoms with Crippen LogP contribution >= 0.6 is 0 Å². The molecule has 3 atom stereocenters. The fraction of sp³-hybridized carbons (Fsp3) is 0.481. The molecule has 1 aliphatic carbocycles. The fourth-order valence-corrected chi connectivity index (χ4v) is 5.42. The third kappa shape index (κ3) is 6.92. The van der Waals surface area contributed by atoms with Gasteiger partial charge in [-0.3, -0.25) is 0 Å². The van der Waals surface area contributed by atoms with E-state index in [0.717, 1.165) is 43.7 Å². The van der Waals surface area contributed by atoms with E-state index in [4.69, 9.17) is 19.4 Å². The number of rotatable bonds is 5. The van der Waals surface area contributed by atoms with E-state index in [9.17, 15) is 22.4 Å². The van der Waals surface area contributed by atoms with Crippen molar-refractivity contribution in [3.05, 3.63) is 53.3 Å². The molecule has 2 fully saturated rings. The van der Waals surface area contributed by atoms with Crippen molar-refractivity contribution in [3.8, 4) is 11.5 Å². The molecule has 12 heteroatoms. The van der Waals surface area contributed by atoms with Gasteiger partial charge < -0.3 is 30.1 Å². The standard InChI is InChI=1S/C25H32FN3O3.C2HF3O2/c1-16-5-7-18(14-20(16)26)27-24(30)28-19-9-10-25(11-12-29(2)23(25)15-19)17-6-8-21(31-3)22(13-17)32-4;3-2(4,5)1(6)7/h5-8,13-14,19,23H,9-12,15H2,1-4H3,(H2,27,28,30);(H,6,7)/t19-,23+,25+;/m1./s1. The molecule has 0 unspecified atom stereocenters. The number of nitrogens with zero attached hydrogens (tertiary/aromatic N) is 1. The summed E-state index contributed by atoms with van der Waals surface area (Å²) in [7, 11) is 5.47. The number of likely N-dealkylation sites (N-methyl/N-ethyl adjacent to an activating group) is 1. The molecule has 0 spiro atoms. The van der Waals surface area contributed by atoms with Crippen molar-refractivity contribution >= 4 is 17.7 Å². The zero-order chi connectivity index (χ0) is 29.0. The van der Waals surface area contributed by atoms with Crippen molar-refractivity contribution in [2.75, 3.05) is 33.1 Å². The Bertz CT molecular complexity index is 1190. The Balaban J connectivity index is 0.000000532. The second-order valence-electron chi connectivity index (χ2n) is 9.81. The third-order valence-electron chi connectivity index (χ3n) is 7.49. The number of ether oxygens (including phenoxy) is 2. The Morgan fingerprint density at radius 2 is 1.74 bits per heavy atom. The van der Waals surface area contributed by atoms with Crippen molar-refractivity contribution in [1.82, 2.24) is 10.2 Å². The summed E-state index contributed by atoms with van der Waals surface area (Å²) in [5.41, 5.74) is 2.31. The number of halogens is 4. The molecule has 2 aliphatic rings. The smallest absolute Gasteiger partial charge is 0.490 e. The Morgan fingerprint density at radius 3 is 2.33 bits per heavy atom. The number of aryl methyl sites for hydroxylation is 1. The summed E-state index contributed by atoms with van der Waals surface area (Å²) in [4.78, 5) is 23.9. The van der Waals surface area contributed by atoms with Crippen LogP contribution in [0.3, 0.4) is 0 Å². The lowest BCUT2D eigenvalue weighted by molar-refractivity contribution is -0.192. The first-order valence-electron chi connectivity index (χ1n) is 12.4. The van der Waals surface area contributed by atoms with Gasteiger partial charge in [0.15, 0.2) is 11.5 Å². The highest BCUT2D eigenvalue weighted by Gasteiger charge is 2.50. The molecule has 2 aromatic rings. The number of carbonyl (C=O) groups is 2. The highest BCUT2D eigenvalue weighted by molar-refractivity contribution is 5.89. The van der Waals surface area contributed by atoms with Gasteiger partial charge >= 0.3 is 18.2 Å². The molecule has 1 aliphatic heterocycles. The van der Waals surface area contributed by atoms with Crippen LogP contribution in [0.25, 0.3) is 0 Å². The number of urea groups is 1. The summed E-state index contributed by atoms with van der Waals surface area (Å²) in [6.07, 6.45) is -1.29. The van der Waals surface area contributed by atoms with Crippen LogP contribution in [-0.4, -0.2) is 68.1 Å². The first-order chi connectivity index (χ1) is 18.3. The minimum absolute atomic E-state index is 0.0308. The SMILES string of the molecule is COc1ccc([C@@]23CC[C@@H](NC(=O)Nc4ccc(C)c(F)c4)C[C@@H]2N(C)CC3)cc1OC.O=C(O)C(F)(F)F. The number of amides is 2. The van der Waals surface area contributed by atoms with Gasteiger partial charge in [-0.05, 0) is 81.6 Å². The van der Waals surface area contributed by atoms with Crippen molar-refractivity contribution < 1.29 is 41.7 Å². The van der Waals surface area contributed by atoms with Crippen molar-refractivity contribution in [1.29, 1.82) is 0 Å². The summed E-state index contributed by atoms with van der Waals surface area (Å²) in [5.74, 6) is -1.60. The number of hydrogen-bond donors (Lipinski definition) is 3. The van der Waals surface area contributed by atoms with E-state index in [-0.39, 0.29) is 23.3 Å². The number of aliphatic carboxylic acids is 1. The van der Waals surface area contributed by atoms with Gasteiger partial charge in [-0.25, -0.2) is 14.0 Å². The predicted molar refractivity (Wildman–Crippen MR) is 137 cm³/mol. The molecule has 1 saturated carbocycles. The molecule has 0 radical (unpaired) electrons. The van der Waals surface area contributed by atoms with Crippen LogP contribution in [0.1, 0.15) is 36.8 Å². The Labute approximate surface area is 224 Å². The highest BCUT2D eigenvalue weighted by atomic mass is 19.4. The number of nitrogens with one attached hydrogen (secondary N) is 2. The monoisotopic (exact) mass is 555 g/mol. The molecule has 4 rings (SSSR count). The van der Waals surface area contributed by atoms with Crippen LogP contribution in [0.2, 0.25) is 0 Å². The number of carboxylic acid groups (broad SMARTS) is 1. The topological polar surface area (TPSA) is 100 Å². The number of carboxylic acids is 1. The van der Waals surface area contributed by atoms with E-state index in [2.05, 4.69) is 34.7 Å². The third-order valence-corrected chi connectivity index (χ3v) is 7.49. The minimum atomic E-state index is -5.08. The average Bonchev–Trinajstić information content (AvgIpc) is 3.22. The number of methoxy groups -OCH3 is 2. The summed E-state index contributed by atoms with van der Waals surface area (Å²) in [6, 6.07) is 11.1. The van der Waals surface area contributed by atoms with E-state index in [1.165, 1.54) is 11.6 Å². The predicted octanol–water partition coefficient (Wildman–Crippen LogP) is 5.10. The maximum Gasteiger partial charge on any atom is 0.490 e. The molecule has 2 amide bonds. The lowest BCUT2D eigenvalue weighted by atomic mass is 9.65. The molecule has 1 saturated heterocycles. The molecule has 0 bridgehead atoms. The summed E-state index contributed by atoms with van der Waals surface area (Å²) in [5, 5.41) is 13.0. The van der Waals surface area contributed by atoms with Gasteiger partial charge in [0.1, 0.15) is 5.82 Å². The maximum atomic E-state index is 13.8. The first kappa shape index (κ1) is 30.0. The Hall–Kier alpha value is -3.54. The zero-order valence-electron chi connectivity index (χ0n) is 22.2. The number of fused-ring (bicyclic) bond motifs is 1. The zero-order valence-corrected chi connectivity index (χ0v) is 22.2. The molecule has 39 heavy (non-hydrogen) atoms. The van der Waals surface area contributed by atoms with Crippen LogP contribution in [0.4, 0.5) is 28.0 Å². The summed E-state index contributed by atoms with van der Waals surface area (Å²) in [6.45, 7) is 2.71.